The predicted molar refractivity (Wildman–Crippen MR) is 136 cm³/mol. The van der Waals surface area contributed by atoms with Gasteiger partial charge in [-0.15, -0.1) is 0 Å². The van der Waals surface area contributed by atoms with E-state index in [-0.39, 0.29) is 11.2 Å². The topological polar surface area (TPSA) is 37.3 Å². The Morgan fingerprint density at radius 1 is 0.688 bits per heavy atom. The van der Waals surface area contributed by atoms with Gasteiger partial charge in [0, 0.05) is 0 Å². The Bertz CT molecular complexity index is 1110. The van der Waals surface area contributed by atoms with Gasteiger partial charge >= 0.3 is 0 Å². The van der Waals surface area contributed by atoms with Crippen LogP contribution in [-0.2, 0) is 5.41 Å². The molecule has 0 radical (unpaired) electrons. The van der Waals surface area contributed by atoms with Crippen molar-refractivity contribution in [1.29, 1.82) is 0 Å². The van der Waals surface area contributed by atoms with Crippen molar-refractivity contribution in [2.75, 3.05) is 0 Å². The van der Waals surface area contributed by atoms with Crippen LogP contribution in [0.3, 0.4) is 0 Å². The monoisotopic (exact) mass is 436 g/mol. The van der Waals surface area contributed by atoms with Crippen molar-refractivity contribution in [2.24, 2.45) is 0 Å². The van der Waals surface area contributed by atoms with E-state index in [1.807, 2.05) is 60.7 Å². The summed E-state index contributed by atoms with van der Waals surface area (Å²) >= 11 is 0. The fraction of sp³-hybridized carbons (Fsp3) is 0.138. The van der Waals surface area contributed by atoms with Crippen LogP contribution in [0.2, 0.25) is 0 Å². The van der Waals surface area contributed by atoms with Gasteiger partial charge in [-0.1, -0.05) is 118 Å². The van der Waals surface area contributed by atoms with Gasteiger partial charge in [0.05, 0.1) is 5.56 Å². The van der Waals surface area contributed by atoms with Crippen molar-refractivity contribution in [3.05, 3.63) is 114 Å². The maximum Gasteiger partial charge on any atom is 0.183 e. The van der Waals surface area contributed by atoms with Crippen LogP contribution in [0.5, 0.6) is 5.75 Å². The van der Waals surface area contributed by atoms with E-state index in [0.717, 1.165) is 32.6 Å². The average molecular weight is 437 g/mol. The molecule has 0 saturated carbocycles. The lowest BCUT2D eigenvalue weighted by Gasteiger charge is -2.36. The Kier molecular flexibility index (Phi) is 5.85. The molecule has 0 aromatic heterocycles. The molecule has 160 valence electrons. The van der Waals surface area contributed by atoms with Crippen molar-refractivity contribution >= 4 is 35.1 Å². The van der Waals surface area contributed by atoms with Gasteiger partial charge in [0.25, 0.3) is 0 Å². The number of aromatic hydroxyl groups is 1. The predicted octanol–water partition coefficient (Wildman–Crippen LogP) is 3.88. The molecule has 2 nitrogen and oxygen atoms in total. The molecule has 4 aromatic rings. The molecule has 0 fully saturated rings. The van der Waals surface area contributed by atoms with Crippen molar-refractivity contribution in [1.82, 2.24) is 0 Å². The summed E-state index contributed by atoms with van der Waals surface area (Å²) in [7, 11) is -2.91. The third kappa shape index (κ3) is 3.69. The second-order valence-electron chi connectivity index (χ2n) is 9.18. The number of carbonyl (C=O) groups is 1. The summed E-state index contributed by atoms with van der Waals surface area (Å²) in [6.45, 7) is 6.40. The quantitative estimate of drug-likeness (QED) is 0.293. The molecule has 1 N–H and O–H groups in total. The first-order chi connectivity index (χ1) is 15.4. The van der Waals surface area contributed by atoms with E-state index in [9.17, 15) is 9.90 Å². The first kappa shape index (κ1) is 21.8. The molecule has 0 aliphatic rings. The fourth-order valence-corrected chi connectivity index (χ4v) is 9.38. The van der Waals surface area contributed by atoms with Gasteiger partial charge in [-0.3, -0.25) is 4.79 Å². The summed E-state index contributed by atoms with van der Waals surface area (Å²) in [5.74, 6) is 0.0798. The first-order valence-corrected chi connectivity index (χ1v) is 12.9. The molecule has 4 rings (SSSR count). The molecule has 4 aromatic carbocycles. The van der Waals surface area contributed by atoms with Crippen LogP contribution in [0, 0.1) is 0 Å². The molecule has 0 aliphatic carbocycles. The van der Waals surface area contributed by atoms with E-state index in [1.165, 1.54) is 0 Å². The minimum atomic E-state index is -2.91. The molecule has 0 saturated heterocycles. The molecule has 0 heterocycles. The smallest absolute Gasteiger partial charge is 0.183 e. The minimum Gasteiger partial charge on any atom is -0.507 e. The van der Waals surface area contributed by atoms with Crippen LogP contribution in [0.15, 0.2) is 103 Å². The lowest BCUT2D eigenvalue weighted by molar-refractivity contribution is 0.112. The van der Waals surface area contributed by atoms with Gasteiger partial charge in [-0.05, 0) is 37.8 Å². The standard InChI is InChI=1S/C29H28O2Si/c1-29(2,3)23-19-22(21-30)28(31)27(20-23)32(24-13-7-4-8-14-24,25-15-9-5-10-16-25)26-17-11-6-12-18-26/h4-21,31H,1-3H3. The maximum atomic E-state index is 12.1. The molecule has 0 atom stereocenters. The van der Waals surface area contributed by atoms with Crippen molar-refractivity contribution in [3.63, 3.8) is 0 Å². The molecule has 0 spiro atoms. The Hall–Kier alpha value is -3.43. The highest BCUT2D eigenvalue weighted by Gasteiger charge is 2.44. The van der Waals surface area contributed by atoms with Crippen LogP contribution in [0.25, 0.3) is 0 Å². The number of benzene rings is 4. The van der Waals surface area contributed by atoms with Crippen LogP contribution in [-0.4, -0.2) is 19.5 Å². The SMILES string of the molecule is CC(C)(C)c1cc(C=O)c(O)c([Si](c2ccccc2)(c2ccccc2)c2ccccc2)c1. The summed E-state index contributed by atoms with van der Waals surface area (Å²) in [5, 5.41) is 15.8. The summed E-state index contributed by atoms with van der Waals surface area (Å²) in [6, 6.07) is 35.2. The number of aldehydes is 1. The van der Waals surface area contributed by atoms with Gasteiger partial charge in [-0.25, -0.2) is 0 Å². The van der Waals surface area contributed by atoms with E-state index < -0.39 is 8.07 Å². The second kappa shape index (κ2) is 8.60. The van der Waals surface area contributed by atoms with E-state index in [2.05, 4.69) is 63.2 Å². The summed E-state index contributed by atoms with van der Waals surface area (Å²) in [6.07, 6.45) is 0.772. The lowest BCUT2D eigenvalue weighted by atomic mass is 9.86. The Labute approximate surface area is 191 Å². The Morgan fingerprint density at radius 3 is 1.44 bits per heavy atom. The maximum absolute atomic E-state index is 12.1. The Morgan fingerprint density at radius 2 is 1.09 bits per heavy atom. The zero-order chi connectivity index (χ0) is 22.8. The molecule has 0 aliphatic heterocycles. The zero-order valence-corrected chi connectivity index (χ0v) is 19.7. The molecule has 3 heteroatoms. The number of carbonyl (C=O) groups excluding carboxylic acids is 1. The second-order valence-corrected chi connectivity index (χ2v) is 12.9. The number of phenols is 1. The summed E-state index contributed by atoms with van der Waals surface area (Å²) in [4.78, 5) is 12.1. The van der Waals surface area contributed by atoms with Gasteiger partial charge in [0.1, 0.15) is 5.75 Å². The zero-order valence-electron chi connectivity index (χ0n) is 18.7. The van der Waals surface area contributed by atoms with Crippen LogP contribution < -0.4 is 20.7 Å². The number of phenolic OH excluding ortho intramolecular Hbond substituents is 1. The molecule has 0 unspecified atom stereocenters. The summed E-state index contributed by atoms with van der Waals surface area (Å²) in [5.41, 5.74) is 1.20. The van der Waals surface area contributed by atoms with Crippen LogP contribution in [0.1, 0.15) is 36.7 Å². The number of hydrogen-bond donors (Lipinski definition) is 1. The first-order valence-electron chi connectivity index (χ1n) is 10.9. The number of rotatable bonds is 5. The Balaban J connectivity index is 2.23. The average Bonchev–Trinajstić information content (AvgIpc) is 2.82. The van der Waals surface area contributed by atoms with Gasteiger partial charge < -0.3 is 5.11 Å². The van der Waals surface area contributed by atoms with E-state index in [4.69, 9.17) is 0 Å². The highest BCUT2D eigenvalue weighted by atomic mass is 28.3. The van der Waals surface area contributed by atoms with Crippen molar-refractivity contribution < 1.29 is 9.90 Å². The third-order valence-electron chi connectivity index (χ3n) is 6.16. The minimum absolute atomic E-state index is 0.0798. The van der Waals surface area contributed by atoms with E-state index in [0.29, 0.717) is 5.56 Å². The van der Waals surface area contributed by atoms with E-state index in [1.54, 1.807) is 0 Å². The molecule has 0 bridgehead atoms. The lowest BCUT2D eigenvalue weighted by Crippen LogP contribution is -2.74. The normalized spacial score (nSPS) is 11.8. The van der Waals surface area contributed by atoms with Crippen LogP contribution in [0.4, 0.5) is 0 Å². The fourth-order valence-electron chi connectivity index (χ4n) is 4.50. The van der Waals surface area contributed by atoms with Crippen molar-refractivity contribution in [2.45, 2.75) is 26.2 Å². The highest BCUT2D eigenvalue weighted by Crippen LogP contribution is 2.28. The van der Waals surface area contributed by atoms with Crippen LogP contribution >= 0.6 is 0 Å². The third-order valence-corrected chi connectivity index (χ3v) is 10.9. The molecule has 32 heavy (non-hydrogen) atoms. The van der Waals surface area contributed by atoms with Crippen molar-refractivity contribution in [3.8, 4) is 5.75 Å². The van der Waals surface area contributed by atoms with E-state index >= 15 is 0 Å². The van der Waals surface area contributed by atoms with Gasteiger partial charge in [0.15, 0.2) is 14.4 Å². The summed E-state index contributed by atoms with van der Waals surface area (Å²) < 4.78 is 0. The number of hydrogen-bond acceptors (Lipinski definition) is 2. The van der Waals surface area contributed by atoms with Gasteiger partial charge in [-0.2, -0.15) is 0 Å². The largest absolute Gasteiger partial charge is 0.507 e. The molecular weight excluding hydrogens is 408 g/mol. The molecular formula is C29H28O2Si. The van der Waals surface area contributed by atoms with Gasteiger partial charge in [0.2, 0.25) is 0 Å². The highest BCUT2D eigenvalue weighted by molar-refractivity contribution is 7.20. The molecule has 0 amide bonds.